The zero-order valence-corrected chi connectivity index (χ0v) is 16.9. The Labute approximate surface area is 171 Å². The minimum atomic E-state index is -0.295. The van der Waals surface area contributed by atoms with Gasteiger partial charge in [-0.25, -0.2) is 4.98 Å². The van der Waals surface area contributed by atoms with Crippen LogP contribution < -0.4 is 10.9 Å². The van der Waals surface area contributed by atoms with Gasteiger partial charge in [-0.3, -0.25) is 20.4 Å². The summed E-state index contributed by atoms with van der Waals surface area (Å²) in [5, 5.41) is 0. The molecule has 0 unspecified atom stereocenters. The summed E-state index contributed by atoms with van der Waals surface area (Å²) < 4.78 is 2.23. The Balaban J connectivity index is 1.29. The van der Waals surface area contributed by atoms with Gasteiger partial charge in [0, 0.05) is 17.2 Å². The first-order valence-corrected chi connectivity index (χ1v) is 11.2. The number of thiazole rings is 1. The number of hydrazine groups is 1. The summed E-state index contributed by atoms with van der Waals surface area (Å²) in [5.74, 6) is 0.439. The molecule has 28 heavy (non-hydrogen) atoms. The van der Waals surface area contributed by atoms with E-state index in [2.05, 4.69) is 21.9 Å². The number of rotatable bonds is 5. The summed E-state index contributed by atoms with van der Waals surface area (Å²) in [5.41, 5.74) is 7.74. The molecule has 0 radical (unpaired) electrons. The van der Waals surface area contributed by atoms with Gasteiger partial charge in [0.1, 0.15) is 0 Å². The third kappa shape index (κ3) is 4.54. The maximum absolute atomic E-state index is 12.2. The molecular formula is C21H21N3O2S2. The van der Waals surface area contributed by atoms with E-state index >= 15 is 0 Å². The second-order valence-corrected chi connectivity index (χ2v) is 9.11. The van der Waals surface area contributed by atoms with Crippen molar-refractivity contribution in [2.75, 3.05) is 0 Å². The molecule has 4 rings (SSSR count). The molecule has 2 N–H and O–H groups in total. The van der Waals surface area contributed by atoms with Crippen molar-refractivity contribution < 1.29 is 9.59 Å². The van der Waals surface area contributed by atoms with E-state index in [-0.39, 0.29) is 17.7 Å². The molecular weight excluding hydrogens is 390 g/mol. The van der Waals surface area contributed by atoms with Crippen LogP contribution in [0.2, 0.25) is 0 Å². The van der Waals surface area contributed by atoms with Crippen LogP contribution in [0, 0.1) is 5.92 Å². The van der Waals surface area contributed by atoms with Crippen molar-refractivity contribution in [1.82, 2.24) is 15.8 Å². The van der Waals surface area contributed by atoms with Crippen molar-refractivity contribution in [1.29, 1.82) is 0 Å². The van der Waals surface area contributed by atoms with Crippen molar-refractivity contribution >= 4 is 45.1 Å². The molecule has 0 spiro atoms. The molecule has 0 bridgehead atoms. The zero-order chi connectivity index (χ0) is 19.3. The lowest BCUT2D eigenvalue weighted by Crippen LogP contribution is -2.44. The Hall–Kier alpha value is -2.38. The number of thioether (sulfide) groups is 1. The molecule has 1 aromatic heterocycles. The molecule has 1 heterocycles. The Morgan fingerprint density at radius 3 is 2.54 bits per heavy atom. The summed E-state index contributed by atoms with van der Waals surface area (Å²) in [6.45, 7) is 0. The van der Waals surface area contributed by atoms with Crippen LogP contribution in [0.3, 0.4) is 0 Å². The van der Waals surface area contributed by atoms with Crippen molar-refractivity contribution in [3.8, 4) is 0 Å². The maximum Gasteiger partial charge on any atom is 0.269 e. The largest absolute Gasteiger partial charge is 0.273 e. The Morgan fingerprint density at radius 2 is 1.79 bits per heavy atom. The fourth-order valence-electron chi connectivity index (χ4n) is 3.29. The van der Waals surface area contributed by atoms with Crippen molar-refractivity contribution in [2.24, 2.45) is 5.92 Å². The molecule has 144 valence electrons. The number of nitrogens with zero attached hydrogens (tertiary/aromatic N) is 1. The van der Waals surface area contributed by atoms with Crippen molar-refractivity contribution in [3.05, 3.63) is 59.7 Å². The first kappa shape index (κ1) is 19.0. The summed E-state index contributed by atoms with van der Waals surface area (Å²) in [6, 6.07) is 15.6. The number of nitrogens with one attached hydrogen (secondary N) is 2. The summed E-state index contributed by atoms with van der Waals surface area (Å²) >= 11 is 3.38. The molecule has 1 saturated carbocycles. The zero-order valence-electron chi connectivity index (χ0n) is 15.3. The van der Waals surface area contributed by atoms with E-state index in [9.17, 15) is 9.59 Å². The first-order valence-electron chi connectivity index (χ1n) is 9.36. The Kier molecular flexibility index (Phi) is 5.92. The fourth-order valence-corrected chi connectivity index (χ4v) is 5.32. The summed E-state index contributed by atoms with van der Waals surface area (Å²) in [4.78, 5) is 28.8. The molecule has 0 aliphatic heterocycles. The molecule has 1 aliphatic carbocycles. The van der Waals surface area contributed by atoms with Gasteiger partial charge < -0.3 is 0 Å². The highest BCUT2D eigenvalue weighted by atomic mass is 32.2. The third-order valence-electron chi connectivity index (χ3n) is 4.88. The second-order valence-electron chi connectivity index (χ2n) is 6.86. The molecule has 1 aliphatic rings. The topological polar surface area (TPSA) is 71.1 Å². The van der Waals surface area contributed by atoms with Gasteiger partial charge in [0.05, 0.1) is 10.2 Å². The third-order valence-corrected chi connectivity index (χ3v) is 7.13. The van der Waals surface area contributed by atoms with Crippen LogP contribution in [-0.4, -0.2) is 16.8 Å². The highest BCUT2D eigenvalue weighted by Crippen LogP contribution is 2.31. The number of amides is 2. The van der Waals surface area contributed by atoms with Crippen molar-refractivity contribution in [2.45, 2.75) is 35.8 Å². The Morgan fingerprint density at radius 1 is 1.04 bits per heavy atom. The number of para-hydroxylation sites is 1. The smallest absolute Gasteiger partial charge is 0.269 e. The second kappa shape index (κ2) is 8.75. The van der Waals surface area contributed by atoms with Gasteiger partial charge in [-0.2, -0.15) is 0 Å². The predicted octanol–water partition coefficient (Wildman–Crippen LogP) is 4.54. The molecule has 1 fully saturated rings. The predicted molar refractivity (Wildman–Crippen MR) is 113 cm³/mol. The normalized spacial score (nSPS) is 14.3. The maximum atomic E-state index is 12.2. The SMILES string of the molecule is O=C(NNC(=O)C1CCCC1)c1ccc(CSc2nc3ccccc3s2)cc1. The van der Waals surface area contributed by atoms with E-state index in [1.54, 1.807) is 35.2 Å². The molecule has 2 amide bonds. The Bertz CT molecular complexity index is 946. The number of hydrogen-bond donors (Lipinski definition) is 2. The fraction of sp³-hybridized carbons (Fsp3) is 0.286. The van der Waals surface area contributed by atoms with E-state index in [0.29, 0.717) is 5.56 Å². The lowest BCUT2D eigenvalue weighted by Gasteiger charge is -2.11. The van der Waals surface area contributed by atoms with E-state index in [1.165, 1.54) is 4.70 Å². The van der Waals surface area contributed by atoms with E-state index in [0.717, 1.165) is 46.9 Å². The molecule has 2 aromatic carbocycles. The van der Waals surface area contributed by atoms with Gasteiger partial charge in [-0.05, 0) is 42.7 Å². The molecule has 3 aromatic rings. The summed E-state index contributed by atoms with van der Waals surface area (Å²) in [7, 11) is 0. The van der Waals surface area contributed by atoms with Crippen LogP contribution in [0.25, 0.3) is 10.2 Å². The van der Waals surface area contributed by atoms with Crippen LogP contribution >= 0.6 is 23.1 Å². The first-order chi connectivity index (χ1) is 13.7. The van der Waals surface area contributed by atoms with Crippen LogP contribution in [0.4, 0.5) is 0 Å². The van der Waals surface area contributed by atoms with Gasteiger partial charge in [-0.15, -0.1) is 11.3 Å². The summed E-state index contributed by atoms with van der Waals surface area (Å²) in [6.07, 6.45) is 3.98. The molecule has 0 saturated heterocycles. The standard InChI is InChI=1S/C21H21N3O2S2/c25-19(15-5-1-2-6-15)23-24-20(26)16-11-9-14(10-12-16)13-27-21-22-17-7-3-4-8-18(17)28-21/h3-4,7-12,15H,1-2,5-6,13H2,(H,23,25)(H,24,26). The average molecular weight is 412 g/mol. The van der Waals surface area contributed by atoms with Crippen LogP contribution in [0.5, 0.6) is 0 Å². The number of carbonyl (C=O) groups is 2. The average Bonchev–Trinajstić information content (AvgIpc) is 3.40. The number of carbonyl (C=O) groups excluding carboxylic acids is 2. The lowest BCUT2D eigenvalue weighted by molar-refractivity contribution is -0.125. The highest BCUT2D eigenvalue weighted by molar-refractivity contribution is 8.00. The monoisotopic (exact) mass is 411 g/mol. The number of aromatic nitrogens is 1. The van der Waals surface area contributed by atoms with Gasteiger partial charge in [-0.1, -0.05) is 48.9 Å². The minimum absolute atomic E-state index is 0.0298. The van der Waals surface area contributed by atoms with Crippen LogP contribution in [0.15, 0.2) is 52.9 Å². The van der Waals surface area contributed by atoms with E-state index < -0.39 is 0 Å². The molecule has 7 heteroatoms. The quantitative estimate of drug-likeness (QED) is 0.478. The van der Waals surface area contributed by atoms with Crippen molar-refractivity contribution in [3.63, 3.8) is 0 Å². The highest BCUT2D eigenvalue weighted by Gasteiger charge is 2.22. The van der Waals surface area contributed by atoms with Crippen LogP contribution in [-0.2, 0) is 10.5 Å². The lowest BCUT2D eigenvalue weighted by atomic mass is 10.1. The van der Waals surface area contributed by atoms with E-state index in [1.807, 2.05) is 30.3 Å². The number of fused-ring (bicyclic) bond motifs is 1. The van der Waals surface area contributed by atoms with Gasteiger partial charge in [0.2, 0.25) is 5.91 Å². The molecule has 5 nitrogen and oxygen atoms in total. The van der Waals surface area contributed by atoms with E-state index in [4.69, 9.17) is 0 Å². The minimum Gasteiger partial charge on any atom is -0.273 e. The van der Waals surface area contributed by atoms with Gasteiger partial charge in [0.25, 0.3) is 5.91 Å². The molecule has 0 atom stereocenters. The van der Waals surface area contributed by atoms with Crippen LogP contribution in [0.1, 0.15) is 41.6 Å². The number of hydrogen-bond acceptors (Lipinski definition) is 5. The number of benzene rings is 2. The van der Waals surface area contributed by atoms with Gasteiger partial charge >= 0.3 is 0 Å². The van der Waals surface area contributed by atoms with Gasteiger partial charge in [0.15, 0.2) is 4.34 Å².